The van der Waals surface area contributed by atoms with Crippen LogP contribution in [-0.4, -0.2) is 41.7 Å². The summed E-state index contributed by atoms with van der Waals surface area (Å²) >= 11 is 1.68. The number of methoxy groups -OCH3 is 1. The van der Waals surface area contributed by atoms with E-state index in [2.05, 4.69) is 26.3 Å². The SMILES string of the molecule is COCCC[C@H]1CCCN(Cc2cnc(-c3cccs3)nc2)C1. The maximum atomic E-state index is 5.17. The van der Waals surface area contributed by atoms with Gasteiger partial charge in [0.25, 0.3) is 0 Å². The van der Waals surface area contributed by atoms with E-state index in [1.165, 1.54) is 44.3 Å². The molecule has 124 valence electrons. The highest BCUT2D eigenvalue weighted by Gasteiger charge is 2.19. The van der Waals surface area contributed by atoms with Crippen molar-refractivity contribution in [3.63, 3.8) is 0 Å². The Hall–Kier alpha value is -1.30. The fourth-order valence-electron chi connectivity index (χ4n) is 3.27. The number of likely N-dealkylation sites (tertiary alicyclic amines) is 1. The third-order valence-electron chi connectivity index (χ3n) is 4.42. The van der Waals surface area contributed by atoms with Gasteiger partial charge in [-0.15, -0.1) is 11.3 Å². The number of thiophene rings is 1. The first-order valence-corrected chi connectivity index (χ1v) is 9.29. The number of rotatable bonds is 7. The number of aromatic nitrogens is 2. The molecule has 0 N–H and O–H groups in total. The van der Waals surface area contributed by atoms with Gasteiger partial charge >= 0.3 is 0 Å². The van der Waals surface area contributed by atoms with Crippen LogP contribution in [0.4, 0.5) is 0 Å². The number of piperidine rings is 1. The highest BCUT2D eigenvalue weighted by molar-refractivity contribution is 7.13. The molecule has 2 aromatic heterocycles. The third kappa shape index (κ3) is 4.83. The zero-order valence-corrected chi connectivity index (χ0v) is 14.6. The molecule has 1 fully saturated rings. The molecule has 0 unspecified atom stereocenters. The lowest BCUT2D eigenvalue weighted by atomic mass is 9.93. The molecule has 1 atom stereocenters. The van der Waals surface area contributed by atoms with Gasteiger partial charge in [-0.1, -0.05) is 6.07 Å². The normalized spacial score (nSPS) is 19.1. The van der Waals surface area contributed by atoms with Crippen LogP contribution in [0.1, 0.15) is 31.2 Å². The number of hydrogen-bond donors (Lipinski definition) is 0. The van der Waals surface area contributed by atoms with Crippen molar-refractivity contribution < 1.29 is 4.74 Å². The summed E-state index contributed by atoms with van der Waals surface area (Å²) in [5, 5.41) is 2.06. The van der Waals surface area contributed by atoms with E-state index >= 15 is 0 Å². The Labute approximate surface area is 142 Å². The molecule has 0 aromatic carbocycles. The summed E-state index contributed by atoms with van der Waals surface area (Å²) in [6, 6.07) is 4.10. The first kappa shape index (κ1) is 16.6. The van der Waals surface area contributed by atoms with Gasteiger partial charge in [0.15, 0.2) is 5.82 Å². The molecule has 1 aliphatic heterocycles. The van der Waals surface area contributed by atoms with Crippen molar-refractivity contribution >= 4 is 11.3 Å². The van der Waals surface area contributed by atoms with E-state index in [0.717, 1.165) is 29.8 Å². The van der Waals surface area contributed by atoms with E-state index in [4.69, 9.17) is 4.74 Å². The first-order valence-electron chi connectivity index (χ1n) is 8.41. The lowest BCUT2D eigenvalue weighted by Crippen LogP contribution is -2.35. The van der Waals surface area contributed by atoms with Gasteiger partial charge in [0.05, 0.1) is 4.88 Å². The van der Waals surface area contributed by atoms with Crippen LogP contribution >= 0.6 is 11.3 Å². The molecule has 0 aliphatic carbocycles. The Bertz CT molecular complexity index is 570. The van der Waals surface area contributed by atoms with E-state index < -0.39 is 0 Å². The van der Waals surface area contributed by atoms with E-state index in [1.54, 1.807) is 18.4 Å². The lowest BCUT2D eigenvalue weighted by Gasteiger charge is -2.32. The van der Waals surface area contributed by atoms with Crippen molar-refractivity contribution in [1.29, 1.82) is 0 Å². The average molecular weight is 331 g/mol. The largest absolute Gasteiger partial charge is 0.385 e. The fourth-order valence-corrected chi connectivity index (χ4v) is 3.95. The minimum Gasteiger partial charge on any atom is -0.385 e. The van der Waals surface area contributed by atoms with Crippen LogP contribution in [0.2, 0.25) is 0 Å². The Balaban J connectivity index is 1.52. The van der Waals surface area contributed by atoms with Crippen LogP contribution in [0.15, 0.2) is 29.9 Å². The van der Waals surface area contributed by atoms with Crippen molar-refractivity contribution in [2.24, 2.45) is 5.92 Å². The second kappa shape index (κ2) is 8.52. The molecule has 3 heterocycles. The summed E-state index contributed by atoms with van der Waals surface area (Å²) in [6.45, 7) is 4.23. The Morgan fingerprint density at radius 3 is 2.96 bits per heavy atom. The predicted octanol–water partition coefficient (Wildman–Crippen LogP) is 3.84. The first-order chi connectivity index (χ1) is 11.3. The second-order valence-corrected chi connectivity index (χ2v) is 7.22. The van der Waals surface area contributed by atoms with E-state index in [0.29, 0.717) is 0 Å². The van der Waals surface area contributed by atoms with Gasteiger partial charge in [-0.05, 0) is 49.6 Å². The molecule has 1 aliphatic rings. The maximum Gasteiger partial charge on any atom is 0.169 e. The summed E-state index contributed by atoms with van der Waals surface area (Å²) < 4.78 is 5.17. The highest BCUT2D eigenvalue weighted by Crippen LogP contribution is 2.23. The van der Waals surface area contributed by atoms with Crippen LogP contribution in [0.5, 0.6) is 0 Å². The van der Waals surface area contributed by atoms with Crippen LogP contribution < -0.4 is 0 Å². The summed E-state index contributed by atoms with van der Waals surface area (Å²) in [7, 11) is 1.78. The molecule has 4 nitrogen and oxygen atoms in total. The molecule has 1 saturated heterocycles. The molecule has 0 amide bonds. The summed E-state index contributed by atoms with van der Waals surface area (Å²) in [4.78, 5) is 12.7. The Morgan fingerprint density at radius 2 is 2.22 bits per heavy atom. The number of nitrogens with zero attached hydrogens (tertiary/aromatic N) is 3. The molecule has 0 saturated carbocycles. The molecule has 0 bridgehead atoms. The zero-order chi connectivity index (χ0) is 15.9. The van der Waals surface area contributed by atoms with Crippen molar-refractivity contribution in [1.82, 2.24) is 14.9 Å². The van der Waals surface area contributed by atoms with E-state index in [-0.39, 0.29) is 0 Å². The van der Waals surface area contributed by atoms with Gasteiger partial charge in [0.1, 0.15) is 0 Å². The summed E-state index contributed by atoms with van der Waals surface area (Å²) in [5.74, 6) is 1.64. The maximum absolute atomic E-state index is 5.17. The third-order valence-corrected chi connectivity index (χ3v) is 5.28. The van der Waals surface area contributed by atoms with E-state index in [1.807, 2.05) is 18.5 Å². The van der Waals surface area contributed by atoms with Crippen LogP contribution in [-0.2, 0) is 11.3 Å². The van der Waals surface area contributed by atoms with Crippen molar-refractivity contribution in [3.8, 4) is 10.7 Å². The van der Waals surface area contributed by atoms with Gasteiger partial charge in [-0.3, -0.25) is 4.90 Å². The van der Waals surface area contributed by atoms with Crippen LogP contribution in [0.25, 0.3) is 10.7 Å². The molecular weight excluding hydrogens is 306 g/mol. The van der Waals surface area contributed by atoms with Gasteiger partial charge in [0.2, 0.25) is 0 Å². The van der Waals surface area contributed by atoms with Crippen molar-refractivity contribution in [3.05, 3.63) is 35.5 Å². The van der Waals surface area contributed by atoms with Crippen LogP contribution in [0.3, 0.4) is 0 Å². The minimum absolute atomic E-state index is 0.810. The smallest absolute Gasteiger partial charge is 0.169 e. The highest BCUT2D eigenvalue weighted by atomic mass is 32.1. The standard InChI is InChI=1S/C18H25N3OS/c1-22-9-3-6-15-5-2-8-21(13-15)14-16-11-19-18(20-12-16)17-7-4-10-23-17/h4,7,10-12,15H,2-3,5-6,8-9,13-14H2,1H3/t15-/m1/s1. The van der Waals surface area contributed by atoms with Gasteiger partial charge in [-0.25, -0.2) is 9.97 Å². The van der Waals surface area contributed by atoms with Crippen LogP contribution in [0, 0.1) is 5.92 Å². The zero-order valence-electron chi connectivity index (χ0n) is 13.8. The van der Waals surface area contributed by atoms with Gasteiger partial charge in [-0.2, -0.15) is 0 Å². The Kier molecular flexibility index (Phi) is 6.13. The van der Waals surface area contributed by atoms with Gasteiger partial charge in [0, 0.05) is 44.8 Å². The number of hydrogen-bond acceptors (Lipinski definition) is 5. The van der Waals surface area contributed by atoms with Crippen molar-refractivity contribution in [2.45, 2.75) is 32.2 Å². The average Bonchev–Trinajstić information content (AvgIpc) is 3.11. The molecule has 2 aromatic rings. The van der Waals surface area contributed by atoms with Gasteiger partial charge < -0.3 is 4.74 Å². The summed E-state index contributed by atoms with van der Waals surface area (Å²) in [6.07, 6.45) is 9.07. The van der Waals surface area contributed by atoms with E-state index in [9.17, 15) is 0 Å². The topological polar surface area (TPSA) is 38.2 Å². The predicted molar refractivity (Wildman–Crippen MR) is 94.5 cm³/mol. The molecule has 3 rings (SSSR count). The molecule has 5 heteroatoms. The second-order valence-electron chi connectivity index (χ2n) is 6.27. The minimum atomic E-state index is 0.810. The number of ether oxygens (including phenoxy) is 1. The van der Waals surface area contributed by atoms with Crippen molar-refractivity contribution in [2.75, 3.05) is 26.8 Å². The monoisotopic (exact) mass is 331 g/mol. The quantitative estimate of drug-likeness (QED) is 0.723. The molecule has 0 spiro atoms. The molecular formula is C18H25N3OS. The molecule has 23 heavy (non-hydrogen) atoms. The Morgan fingerprint density at radius 1 is 1.35 bits per heavy atom. The summed E-state index contributed by atoms with van der Waals surface area (Å²) in [5.41, 5.74) is 1.21. The lowest BCUT2D eigenvalue weighted by molar-refractivity contribution is 0.142. The molecule has 0 radical (unpaired) electrons. The fraction of sp³-hybridized carbons (Fsp3) is 0.556.